The molecule has 0 radical (unpaired) electrons. The van der Waals surface area contributed by atoms with Gasteiger partial charge in [0.15, 0.2) is 0 Å². The Hall–Kier alpha value is -0.490. The first-order valence-corrected chi connectivity index (χ1v) is 4.91. The normalized spacial score (nSPS) is 26.2. The van der Waals surface area contributed by atoms with Crippen LogP contribution in [0.3, 0.4) is 0 Å². The summed E-state index contributed by atoms with van der Waals surface area (Å²) in [4.78, 5) is 0. The second kappa shape index (κ2) is 2.77. The molecule has 12 heavy (non-hydrogen) atoms. The summed E-state index contributed by atoms with van der Waals surface area (Å²) in [6, 6.07) is 6.27. The molecule has 2 atom stereocenters. The zero-order valence-electron chi connectivity index (χ0n) is 7.47. The van der Waals surface area contributed by atoms with Gasteiger partial charge in [-0.2, -0.15) is 0 Å². The van der Waals surface area contributed by atoms with Crippen molar-refractivity contribution in [2.45, 2.75) is 32.1 Å². The zero-order chi connectivity index (χ0) is 8.72. The van der Waals surface area contributed by atoms with Gasteiger partial charge in [-0.25, -0.2) is 0 Å². The van der Waals surface area contributed by atoms with E-state index in [0.29, 0.717) is 5.92 Å². The second-order valence-electron chi connectivity index (χ2n) is 3.58. The summed E-state index contributed by atoms with van der Waals surface area (Å²) in [5, 5.41) is 0.871. The van der Waals surface area contributed by atoms with Gasteiger partial charge in [0.1, 0.15) is 0 Å². The van der Waals surface area contributed by atoms with E-state index < -0.39 is 0 Å². The molecule has 0 aromatic heterocycles. The van der Waals surface area contributed by atoms with Gasteiger partial charge in [-0.05, 0) is 41.5 Å². The van der Waals surface area contributed by atoms with Crippen LogP contribution in [0, 0.1) is 0 Å². The molecule has 1 aliphatic carbocycles. The third kappa shape index (κ3) is 0.980. The molecule has 2 rings (SSSR count). The van der Waals surface area contributed by atoms with Crippen molar-refractivity contribution in [1.29, 1.82) is 0 Å². The fraction of sp³-hybridized carbons (Fsp3) is 0.455. The molecule has 64 valence electrons. The van der Waals surface area contributed by atoms with Crippen LogP contribution in [-0.4, -0.2) is 0 Å². The number of fused-ring (bicyclic) bond motifs is 1. The molecule has 2 unspecified atom stereocenters. The molecule has 1 aromatic rings. The van der Waals surface area contributed by atoms with Gasteiger partial charge in [-0.3, -0.25) is 0 Å². The molecule has 1 heteroatoms. The number of hydrogen-bond donors (Lipinski definition) is 0. The average molecular weight is 181 g/mol. The summed E-state index contributed by atoms with van der Waals surface area (Å²) in [5.74, 6) is 1.49. The molecule has 0 saturated carbocycles. The van der Waals surface area contributed by atoms with Crippen molar-refractivity contribution in [3.63, 3.8) is 0 Å². The Morgan fingerprint density at radius 1 is 1.33 bits per heavy atom. The monoisotopic (exact) mass is 180 g/mol. The molecular weight excluding hydrogens is 168 g/mol. The van der Waals surface area contributed by atoms with Crippen molar-refractivity contribution in [3.05, 3.63) is 34.3 Å². The van der Waals surface area contributed by atoms with E-state index in [1.807, 2.05) is 6.07 Å². The molecule has 0 amide bonds. The van der Waals surface area contributed by atoms with E-state index in [1.165, 1.54) is 17.5 Å². The van der Waals surface area contributed by atoms with Crippen molar-refractivity contribution in [2.75, 3.05) is 0 Å². The van der Waals surface area contributed by atoms with E-state index in [2.05, 4.69) is 26.0 Å². The molecule has 0 aliphatic heterocycles. The summed E-state index contributed by atoms with van der Waals surface area (Å²) < 4.78 is 0. The first-order chi connectivity index (χ1) is 5.74. The Bertz CT molecular complexity index is 304. The van der Waals surface area contributed by atoms with Gasteiger partial charge in [-0.15, -0.1) is 0 Å². The van der Waals surface area contributed by atoms with Gasteiger partial charge in [-0.1, -0.05) is 31.5 Å². The molecular formula is C11H13Cl. The average Bonchev–Trinajstić information content (AvgIpc) is 2.07. The predicted octanol–water partition coefficient (Wildman–Crippen LogP) is 3.95. The zero-order valence-corrected chi connectivity index (χ0v) is 8.23. The lowest BCUT2D eigenvalue weighted by molar-refractivity contribution is 0.489. The van der Waals surface area contributed by atoms with Crippen LogP contribution in [0.5, 0.6) is 0 Å². The number of hydrogen-bond acceptors (Lipinski definition) is 0. The van der Waals surface area contributed by atoms with Crippen LogP contribution in [0.4, 0.5) is 0 Å². The van der Waals surface area contributed by atoms with Crippen LogP contribution in [0.25, 0.3) is 0 Å². The minimum atomic E-state index is 0.712. The van der Waals surface area contributed by atoms with Crippen LogP contribution in [0.1, 0.15) is 43.2 Å². The lowest BCUT2D eigenvalue weighted by atomic mass is 9.68. The van der Waals surface area contributed by atoms with E-state index in [-0.39, 0.29) is 0 Å². The Morgan fingerprint density at radius 3 is 2.75 bits per heavy atom. The standard InChI is InChI=1S/C11H13Cl/c1-3-9-7(2)11-6-8(12)4-5-10(9)11/h4-7,9H,3H2,1-2H3. The molecule has 0 nitrogen and oxygen atoms in total. The largest absolute Gasteiger partial charge is 0.0843 e. The van der Waals surface area contributed by atoms with E-state index in [1.54, 1.807) is 0 Å². The summed E-state index contributed by atoms with van der Waals surface area (Å²) >= 11 is 5.91. The topological polar surface area (TPSA) is 0 Å². The number of benzene rings is 1. The molecule has 0 bridgehead atoms. The van der Waals surface area contributed by atoms with Gasteiger partial charge in [0.25, 0.3) is 0 Å². The maximum absolute atomic E-state index is 5.91. The summed E-state index contributed by atoms with van der Waals surface area (Å²) in [6.45, 7) is 4.53. The van der Waals surface area contributed by atoms with Crippen LogP contribution in [-0.2, 0) is 0 Å². The summed E-state index contributed by atoms with van der Waals surface area (Å²) in [5.41, 5.74) is 2.96. The van der Waals surface area contributed by atoms with Crippen molar-refractivity contribution in [2.24, 2.45) is 0 Å². The molecule has 1 aromatic carbocycles. The summed E-state index contributed by atoms with van der Waals surface area (Å²) in [7, 11) is 0. The van der Waals surface area contributed by atoms with Crippen molar-refractivity contribution in [1.82, 2.24) is 0 Å². The van der Waals surface area contributed by atoms with Gasteiger partial charge in [0.05, 0.1) is 0 Å². The summed E-state index contributed by atoms with van der Waals surface area (Å²) in [6.07, 6.45) is 1.25. The van der Waals surface area contributed by atoms with Gasteiger partial charge < -0.3 is 0 Å². The molecule has 0 saturated heterocycles. The molecule has 0 fully saturated rings. The van der Waals surface area contributed by atoms with Crippen LogP contribution in [0.15, 0.2) is 18.2 Å². The van der Waals surface area contributed by atoms with Crippen molar-refractivity contribution >= 4 is 11.6 Å². The highest BCUT2D eigenvalue weighted by Gasteiger charge is 2.32. The quantitative estimate of drug-likeness (QED) is 0.614. The highest BCUT2D eigenvalue weighted by Crippen LogP contribution is 2.48. The molecule has 1 aliphatic rings. The third-order valence-corrected chi connectivity index (χ3v) is 3.22. The minimum absolute atomic E-state index is 0.712. The number of halogens is 1. The maximum atomic E-state index is 5.91. The van der Waals surface area contributed by atoms with E-state index in [4.69, 9.17) is 11.6 Å². The minimum Gasteiger partial charge on any atom is -0.0843 e. The highest BCUT2D eigenvalue weighted by atomic mass is 35.5. The highest BCUT2D eigenvalue weighted by molar-refractivity contribution is 6.30. The van der Waals surface area contributed by atoms with E-state index in [0.717, 1.165) is 10.9 Å². The Labute approximate surface area is 78.6 Å². The van der Waals surface area contributed by atoms with E-state index in [9.17, 15) is 0 Å². The Morgan fingerprint density at radius 2 is 2.08 bits per heavy atom. The van der Waals surface area contributed by atoms with E-state index >= 15 is 0 Å². The first-order valence-electron chi connectivity index (χ1n) is 4.53. The predicted molar refractivity (Wildman–Crippen MR) is 52.9 cm³/mol. The third-order valence-electron chi connectivity index (χ3n) is 2.98. The van der Waals surface area contributed by atoms with Gasteiger partial charge in [0.2, 0.25) is 0 Å². The van der Waals surface area contributed by atoms with Crippen molar-refractivity contribution < 1.29 is 0 Å². The van der Waals surface area contributed by atoms with Crippen molar-refractivity contribution in [3.8, 4) is 0 Å². The Kier molecular flexibility index (Phi) is 1.88. The smallest absolute Gasteiger partial charge is 0.0409 e. The lowest BCUT2D eigenvalue weighted by Gasteiger charge is -2.37. The second-order valence-corrected chi connectivity index (χ2v) is 4.01. The van der Waals surface area contributed by atoms with Crippen LogP contribution >= 0.6 is 11.6 Å². The first kappa shape index (κ1) is 8.12. The lowest BCUT2D eigenvalue weighted by Crippen LogP contribution is -2.20. The molecule has 0 heterocycles. The van der Waals surface area contributed by atoms with Gasteiger partial charge in [0, 0.05) is 5.02 Å². The Balaban J connectivity index is 2.41. The van der Waals surface area contributed by atoms with Crippen LogP contribution in [0.2, 0.25) is 5.02 Å². The number of rotatable bonds is 1. The fourth-order valence-electron chi connectivity index (χ4n) is 2.24. The maximum Gasteiger partial charge on any atom is 0.0409 e. The van der Waals surface area contributed by atoms with Gasteiger partial charge >= 0.3 is 0 Å². The molecule has 0 N–H and O–H groups in total. The fourth-order valence-corrected chi connectivity index (χ4v) is 2.42. The molecule has 0 spiro atoms. The van der Waals surface area contributed by atoms with Crippen LogP contribution < -0.4 is 0 Å². The SMILES string of the molecule is CCC1c2ccc(Cl)cc2C1C.